The zero-order valence-electron chi connectivity index (χ0n) is 23.7. The van der Waals surface area contributed by atoms with E-state index in [9.17, 15) is 14.4 Å². The van der Waals surface area contributed by atoms with Crippen molar-refractivity contribution in [2.75, 3.05) is 26.1 Å². The third kappa shape index (κ3) is 8.31. The second-order valence-corrected chi connectivity index (χ2v) is 9.75. The molecule has 10 heteroatoms. The lowest BCUT2D eigenvalue weighted by Crippen LogP contribution is -2.32. The van der Waals surface area contributed by atoms with Crippen LogP contribution in [0.5, 0.6) is 11.5 Å². The Morgan fingerprint density at radius 3 is 2.19 bits per heavy atom. The normalized spacial score (nSPS) is 11.1. The van der Waals surface area contributed by atoms with E-state index in [-0.39, 0.29) is 27.8 Å². The minimum absolute atomic E-state index is 0.00280. The topological polar surface area (TPSA) is 109 Å². The van der Waals surface area contributed by atoms with Crippen LogP contribution in [0.1, 0.15) is 31.8 Å². The Bertz CT molecular complexity index is 1670. The maximum Gasteiger partial charge on any atom is 0.345 e. The summed E-state index contributed by atoms with van der Waals surface area (Å²) in [4.78, 5) is 40.5. The summed E-state index contributed by atoms with van der Waals surface area (Å²) in [5.74, 6) is -1.25. The van der Waals surface area contributed by atoms with Crippen molar-refractivity contribution < 1.29 is 23.9 Å². The molecule has 0 atom stereocenters. The van der Waals surface area contributed by atoms with Crippen LogP contribution in [0.2, 0.25) is 5.02 Å². The molecule has 0 aliphatic rings. The summed E-state index contributed by atoms with van der Waals surface area (Å²) in [6.07, 6.45) is 2.96. The highest BCUT2D eigenvalue weighted by Crippen LogP contribution is 2.29. The molecule has 9 nitrogen and oxygen atoms in total. The highest BCUT2D eigenvalue weighted by atomic mass is 35.5. The fraction of sp³-hybridized carbons (Fsp3) is 0.0909. The molecule has 43 heavy (non-hydrogen) atoms. The molecule has 0 bridgehead atoms. The Balaban J connectivity index is 1.49. The molecular weight excluding hydrogens is 568 g/mol. The van der Waals surface area contributed by atoms with Gasteiger partial charge in [0.2, 0.25) is 0 Å². The molecule has 218 valence electrons. The Labute approximate surface area is 254 Å². The van der Waals surface area contributed by atoms with Gasteiger partial charge < -0.3 is 19.7 Å². The molecule has 2 amide bonds. The van der Waals surface area contributed by atoms with Crippen LogP contribution in [0, 0.1) is 0 Å². The van der Waals surface area contributed by atoms with Crippen LogP contribution in [-0.2, 0) is 4.79 Å². The maximum absolute atomic E-state index is 13.1. The molecule has 2 N–H and O–H groups in total. The van der Waals surface area contributed by atoms with Gasteiger partial charge in [-0.25, -0.2) is 10.2 Å². The lowest BCUT2D eigenvalue weighted by Gasteiger charge is -2.13. The van der Waals surface area contributed by atoms with Gasteiger partial charge in [-0.1, -0.05) is 54.1 Å². The number of nitrogens with zero attached hydrogens (tertiary/aromatic N) is 2. The summed E-state index contributed by atoms with van der Waals surface area (Å²) in [7, 11) is 5.29. The fourth-order valence-corrected chi connectivity index (χ4v) is 4.05. The third-order valence-electron chi connectivity index (χ3n) is 6.11. The lowest BCUT2D eigenvalue weighted by atomic mass is 10.1. The number of carbonyl (C=O) groups excluding carboxylic acids is 3. The molecule has 0 spiro atoms. The molecule has 0 aromatic heterocycles. The molecule has 0 unspecified atom stereocenters. The minimum atomic E-state index is -0.634. The van der Waals surface area contributed by atoms with Gasteiger partial charge in [0.05, 0.1) is 23.9 Å². The van der Waals surface area contributed by atoms with Gasteiger partial charge in [-0.15, -0.1) is 0 Å². The summed E-state index contributed by atoms with van der Waals surface area (Å²) in [5, 5.41) is 6.99. The Kier molecular flexibility index (Phi) is 10.3. The highest BCUT2D eigenvalue weighted by Gasteiger charge is 2.16. The van der Waals surface area contributed by atoms with Gasteiger partial charge in [-0.3, -0.25) is 9.59 Å². The number of ether oxygens (including phenoxy) is 2. The van der Waals surface area contributed by atoms with Crippen LogP contribution in [0.4, 0.5) is 5.69 Å². The van der Waals surface area contributed by atoms with Crippen molar-refractivity contribution in [1.82, 2.24) is 10.7 Å². The van der Waals surface area contributed by atoms with Gasteiger partial charge in [-0.2, -0.15) is 5.10 Å². The molecular formula is C33H29ClN4O5. The standard InChI is InChI=1S/C33H29ClN4O5/c1-38(2)25-16-13-22(14-17-25)19-28(36-31(39)24-9-5-4-6-10-24)32(40)37-35-21-23-15-18-29(30(20-23)42-3)43-33(41)26-11-7-8-12-27(26)34/h4-21H,1-3H3,(H,36,39)(H,37,40)/b28-19+,35-21-. The minimum Gasteiger partial charge on any atom is -0.493 e. The molecule has 4 aromatic carbocycles. The summed E-state index contributed by atoms with van der Waals surface area (Å²) in [6, 6.07) is 27.4. The maximum atomic E-state index is 13.1. The first-order valence-electron chi connectivity index (χ1n) is 13.1. The van der Waals surface area contributed by atoms with Crippen molar-refractivity contribution in [3.05, 3.63) is 130 Å². The Hall–Kier alpha value is -5.41. The van der Waals surface area contributed by atoms with E-state index in [4.69, 9.17) is 21.1 Å². The predicted octanol–water partition coefficient (Wildman–Crippen LogP) is 5.56. The number of hydrazone groups is 1. The molecule has 0 saturated heterocycles. The van der Waals surface area contributed by atoms with Crippen molar-refractivity contribution in [1.29, 1.82) is 0 Å². The van der Waals surface area contributed by atoms with E-state index in [1.54, 1.807) is 78.9 Å². The van der Waals surface area contributed by atoms with Crippen molar-refractivity contribution in [3.63, 3.8) is 0 Å². The lowest BCUT2D eigenvalue weighted by molar-refractivity contribution is -0.117. The Morgan fingerprint density at radius 1 is 0.837 bits per heavy atom. The molecule has 4 rings (SSSR count). The summed E-state index contributed by atoms with van der Waals surface area (Å²) in [6.45, 7) is 0. The van der Waals surface area contributed by atoms with E-state index in [0.29, 0.717) is 16.7 Å². The number of methoxy groups -OCH3 is 1. The number of anilines is 1. The first kappa shape index (κ1) is 30.5. The second kappa shape index (κ2) is 14.5. The van der Waals surface area contributed by atoms with E-state index in [1.165, 1.54) is 13.3 Å². The van der Waals surface area contributed by atoms with Crippen LogP contribution < -0.4 is 25.1 Å². The van der Waals surface area contributed by atoms with Crippen molar-refractivity contribution in [2.24, 2.45) is 5.10 Å². The largest absolute Gasteiger partial charge is 0.493 e. The third-order valence-corrected chi connectivity index (χ3v) is 6.44. The molecule has 0 aliphatic heterocycles. The Morgan fingerprint density at radius 2 is 1.51 bits per heavy atom. The summed E-state index contributed by atoms with van der Waals surface area (Å²) in [5.41, 5.74) is 5.31. The smallest absolute Gasteiger partial charge is 0.345 e. The fourth-order valence-electron chi connectivity index (χ4n) is 3.83. The van der Waals surface area contributed by atoms with Crippen LogP contribution in [0.25, 0.3) is 6.08 Å². The summed E-state index contributed by atoms with van der Waals surface area (Å²) < 4.78 is 10.8. The van der Waals surface area contributed by atoms with Gasteiger partial charge >= 0.3 is 5.97 Å². The molecule has 0 aliphatic carbocycles. The van der Waals surface area contributed by atoms with E-state index in [1.807, 2.05) is 43.3 Å². The average molecular weight is 597 g/mol. The predicted molar refractivity (Wildman–Crippen MR) is 168 cm³/mol. The van der Waals surface area contributed by atoms with Gasteiger partial charge in [0, 0.05) is 25.3 Å². The molecule has 0 saturated carbocycles. The van der Waals surface area contributed by atoms with Gasteiger partial charge in [-0.05, 0) is 71.8 Å². The highest BCUT2D eigenvalue weighted by molar-refractivity contribution is 6.33. The van der Waals surface area contributed by atoms with E-state index in [2.05, 4.69) is 15.8 Å². The quantitative estimate of drug-likeness (QED) is 0.0816. The number of benzene rings is 4. The molecule has 4 aromatic rings. The number of esters is 1. The molecule has 0 heterocycles. The average Bonchev–Trinajstić information content (AvgIpc) is 3.02. The summed E-state index contributed by atoms with van der Waals surface area (Å²) >= 11 is 6.10. The first-order valence-corrected chi connectivity index (χ1v) is 13.5. The SMILES string of the molecule is COc1cc(/C=N\NC(=O)/C(=C\c2ccc(N(C)C)cc2)NC(=O)c2ccccc2)ccc1OC(=O)c1ccccc1Cl. The number of amides is 2. The van der Waals surface area contributed by atoms with Crippen molar-refractivity contribution in [3.8, 4) is 11.5 Å². The number of rotatable bonds is 10. The number of halogens is 1. The van der Waals surface area contributed by atoms with Crippen LogP contribution in [-0.4, -0.2) is 45.2 Å². The van der Waals surface area contributed by atoms with Crippen molar-refractivity contribution >= 4 is 47.4 Å². The van der Waals surface area contributed by atoms with Gasteiger partial charge in [0.25, 0.3) is 11.8 Å². The van der Waals surface area contributed by atoms with Gasteiger partial charge in [0.15, 0.2) is 11.5 Å². The molecule has 0 fully saturated rings. The molecule has 0 radical (unpaired) electrons. The monoisotopic (exact) mass is 596 g/mol. The van der Waals surface area contributed by atoms with Crippen LogP contribution in [0.3, 0.4) is 0 Å². The van der Waals surface area contributed by atoms with E-state index >= 15 is 0 Å². The first-order chi connectivity index (χ1) is 20.7. The zero-order valence-corrected chi connectivity index (χ0v) is 24.5. The zero-order chi connectivity index (χ0) is 30.8. The van der Waals surface area contributed by atoms with Crippen LogP contribution in [0.15, 0.2) is 108 Å². The number of hydrogen-bond acceptors (Lipinski definition) is 7. The number of carbonyl (C=O) groups is 3. The van der Waals surface area contributed by atoms with Crippen LogP contribution >= 0.6 is 11.6 Å². The number of hydrogen-bond donors (Lipinski definition) is 2. The van der Waals surface area contributed by atoms with Crippen molar-refractivity contribution in [2.45, 2.75) is 0 Å². The second-order valence-electron chi connectivity index (χ2n) is 9.34. The number of nitrogens with one attached hydrogen (secondary N) is 2. The van der Waals surface area contributed by atoms with E-state index < -0.39 is 17.8 Å². The van der Waals surface area contributed by atoms with Gasteiger partial charge in [0.1, 0.15) is 5.70 Å². The van der Waals surface area contributed by atoms with E-state index in [0.717, 1.165) is 5.69 Å².